The Labute approximate surface area is 115 Å². The first-order valence-electron chi connectivity index (χ1n) is 5.74. The number of nitrogens with zero attached hydrogens (tertiary/aromatic N) is 1. The van der Waals surface area contributed by atoms with Crippen molar-refractivity contribution in [3.63, 3.8) is 0 Å². The van der Waals surface area contributed by atoms with Gasteiger partial charge >= 0.3 is 0 Å². The first kappa shape index (κ1) is 13.6. The molecule has 100 valence electrons. The van der Waals surface area contributed by atoms with Gasteiger partial charge in [0.25, 0.3) is 5.91 Å². The molecule has 0 unspecified atom stereocenters. The average Bonchev–Trinajstić information content (AvgIpc) is 2.74. The fraction of sp³-hybridized carbons (Fsp3) is 0.214. The van der Waals surface area contributed by atoms with Crippen LogP contribution in [0.15, 0.2) is 34.7 Å². The van der Waals surface area contributed by atoms with Gasteiger partial charge in [0.15, 0.2) is 0 Å². The Kier molecular flexibility index (Phi) is 3.90. The molecule has 0 aliphatic heterocycles. The van der Waals surface area contributed by atoms with Crippen LogP contribution >= 0.6 is 11.6 Å². The summed E-state index contributed by atoms with van der Waals surface area (Å²) in [4.78, 5) is 13.5. The van der Waals surface area contributed by atoms with Crippen LogP contribution in [0.2, 0.25) is 5.02 Å². The molecule has 0 atom stereocenters. The van der Waals surface area contributed by atoms with E-state index in [0.29, 0.717) is 5.76 Å². The molecule has 3 nitrogen and oxygen atoms in total. The van der Waals surface area contributed by atoms with Crippen molar-refractivity contribution in [2.75, 3.05) is 7.05 Å². The van der Waals surface area contributed by atoms with Crippen LogP contribution < -0.4 is 0 Å². The molecule has 0 radical (unpaired) electrons. The maximum absolute atomic E-state index is 13.6. The van der Waals surface area contributed by atoms with E-state index in [9.17, 15) is 9.18 Å². The van der Waals surface area contributed by atoms with Gasteiger partial charge in [-0.1, -0.05) is 17.7 Å². The molecule has 1 amide bonds. The Hall–Kier alpha value is -1.81. The summed E-state index contributed by atoms with van der Waals surface area (Å²) in [5.41, 5.74) is -0.116. The summed E-state index contributed by atoms with van der Waals surface area (Å²) >= 11 is 5.86. The molecule has 0 saturated heterocycles. The van der Waals surface area contributed by atoms with Gasteiger partial charge in [0, 0.05) is 7.05 Å². The summed E-state index contributed by atoms with van der Waals surface area (Å²) < 4.78 is 19.0. The maximum atomic E-state index is 13.6. The van der Waals surface area contributed by atoms with E-state index in [1.54, 1.807) is 13.1 Å². The standard InChI is InChI=1S/C14H13ClFNO2/c1-9-6-7-10(19-9)8-17(2)14(18)13-11(15)4-3-5-12(13)16/h3-7H,8H2,1-2H3. The van der Waals surface area contributed by atoms with Crippen molar-refractivity contribution < 1.29 is 13.6 Å². The molecule has 0 N–H and O–H groups in total. The Bertz CT molecular complexity index is 589. The second kappa shape index (κ2) is 5.45. The lowest BCUT2D eigenvalue weighted by atomic mass is 10.2. The molecule has 0 bridgehead atoms. The van der Waals surface area contributed by atoms with Crippen LogP contribution in [0.25, 0.3) is 0 Å². The average molecular weight is 282 g/mol. The number of hydrogen-bond donors (Lipinski definition) is 0. The van der Waals surface area contributed by atoms with Gasteiger partial charge in [-0.05, 0) is 31.2 Å². The Morgan fingerprint density at radius 2 is 2.11 bits per heavy atom. The van der Waals surface area contributed by atoms with Crippen molar-refractivity contribution in [1.29, 1.82) is 0 Å². The molecule has 1 aromatic heterocycles. The van der Waals surface area contributed by atoms with Crippen molar-refractivity contribution in [3.8, 4) is 0 Å². The van der Waals surface area contributed by atoms with E-state index in [0.717, 1.165) is 5.76 Å². The lowest BCUT2D eigenvalue weighted by molar-refractivity contribution is 0.0770. The van der Waals surface area contributed by atoms with E-state index >= 15 is 0 Å². The normalized spacial score (nSPS) is 10.5. The SMILES string of the molecule is Cc1ccc(CN(C)C(=O)c2c(F)cccc2Cl)o1. The van der Waals surface area contributed by atoms with E-state index in [1.807, 2.05) is 13.0 Å². The third-order valence-corrected chi connectivity index (χ3v) is 3.03. The third-order valence-electron chi connectivity index (χ3n) is 2.71. The quantitative estimate of drug-likeness (QED) is 0.860. The number of furan rings is 1. The smallest absolute Gasteiger partial charge is 0.258 e. The Morgan fingerprint density at radius 3 is 2.68 bits per heavy atom. The fourth-order valence-electron chi connectivity index (χ4n) is 1.77. The molecule has 19 heavy (non-hydrogen) atoms. The number of carbonyl (C=O) groups is 1. The van der Waals surface area contributed by atoms with E-state index < -0.39 is 11.7 Å². The summed E-state index contributed by atoms with van der Waals surface area (Å²) in [7, 11) is 1.57. The number of hydrogen-bond acceptors (Lipinski definition) is 2. The minimum atomic E-state index is -0.625. The first-order valence-corrected chi connectivity index (χ1v) is 6.11. The lowest BCUT2D eigenvalue weighted by Crippen LogP contribution is -2.27. The highest BCUT2D eigenvalue weighted by Gasteiger charge is 2.20. The van der Waals surface area contributed by atoms with Crippen LogP contribution in [0.3, 0.4) is 0 Å². The van der Waals surface area contributed by atoms with Gasteiger partial charge in [-0.3, -0.25) is 4.79 Å². The van der Waals surface area contributed by atoms with Crippen LogP contribution in [0.5, 0.6) is 0 Å². The first-order chi connectivity index (χ1) is 8.99. The predicted molar refractivity (Wildman–Crippen MR) is 70.7 cm³/mol. The van der Waals surface area contributed by atoms with Gasteiger partial charge in [0.1, 0.15) is 17.3 Å². The van der Waals surface area contributed by atoms with Gasteiger partial charge in [0.05, 0.1) is 17.1 Å². The number of aryl methyl sites for hydroxylation is 1. The summed E-state index contributed by atoms with van der Waals surface area (Å²) in [5, 5.41) is 0.104. The Morgan fingerprint density at radius 1 is 1.37 bits per heavy atom. The second-order valence-electron chi connectivity index (χ2n) is 4.27. The summed E-state index contributed by atoms with van der Waals surface area (Å²) in [6, 6.07) is 7.75. The van der Waals surface area contributed by atoms with E-state index in [2.05, 4.69) is 0 Å². The number of carbonyl (C=O) groups excluding carboxylic acids is 1. The van der Waals surface area contributed by atoms with Gasteiger partial charge < -0.3 is 9.32 Å². The monoisotopic (exact) mass is 281 g/mol. The minimum absolute atomic E-state index is 0.104. The second-order valence-corrected chi connectivity index (χ2v) is 4.68. The minimum Gasteiger partial charge on any atom is -0.464 e. The Balaban J connectivity index is 2.19. The lowest BCUT2D eigenvalue weighted by Gasteiger charge is -2.16. The summed E-state index contributed by atoms with van der Waals surface area (Å²) in [6.45, 7) is 2.08. The summed E-state index contributed by atoms with van der Waals surface area (Å²) in [5.74, 6) is 0.303. The van der Waals surface area contributed by atoms with Crippen LogP contribution in [-0.4, -0.2) is 17.9 Å². The van der Waals surface area contributed by atoms with Crippen LogP contribution in [0.1, 0.15) is 21.9 Å². The van der Waals surface area contributed by atoms with Crippen LogP contribution in [0.4, 0.5) is 4.39 Å². The number of amides is 1. The fourth-order valence-corrected chi connectivity index (χ4v) is 2.01. The van der Waals surface area contributed by atoms with Gasteiger partial charge in [-0.2, -0.15) is 0 Å². The van der Waals surface area contributed by atoms with Crippen molar-refractivity contribution in [3.05, 3.63) is 58.3 Å². The molecule has 2 aromatic rings. The number of benzene rings is 1. The van der Waals surface area contributed by atoms with Crippen molar-refractivity contribution in [2.45, 2.75) is 13.5 Å². The zero-order valence-corrected chi connectivity index (χ0v) is 11.4. The van der Waals surface area contributed by atoms with E-state index in [-0.39, 0.29) is 17.1 Å². The highest BCUT2D eigenvalue weighted by molar-refractivity contribution is 6.33. The molecule has 0 fully saturated rings. The number of halogens is 2. The maximum Gasteiger partial charge on any atom is 0.258 e. The molecule has 2 rings (SSSR count). The molecular formula is C14H13ClFNO2. The molecular weight excluding hydrogens is 269 g/mol. The molecule has 1 aromatic carbocycles. The topological polar surface area (TPSA) is 33.5 Å². The molecule has 0 saturated carbocycles. The third kappa shape index (κ3) is 2.96. The molecule has 1 heterocycles. The molecule has 0 spiro atoms. The van der Waals surface area contributed by atoms with Crippen LogP contribution in [0, 0.1) is 12.7 Å². The van der Waals surface area contributed by atoms with Gasteiger partial charge in [-0.15, -0.1) is 0 Å². The van der Waals surface area contributed by atoms with Crippen molar-refractivity contribution in [1.82, 2.24) is 4.90 Å². The predicted octanol–water partition coefficient (Wildman–Crippen LogP) is 3.65. The number of rotatable bonds is 3. The van der Waals surface area contributed by atoms with Crippen molar-refractivity contribution >= 4 is 17.5 Å². The van der Waals surface area contributed by atoms with Crippen molar-refractivity contribution in [2.24, 2.45) is 0 Å². The van der Waals surface area contributed by atoms with E-state index in [1.165, 1.54) is 23.1 Å². The highest BCUT2D eigenvalue weighted by atomic mass is 35.5. The van der Waals surface area contributed by atoms with Gasteiger partial charge in [-0.25, -0.2) is 4.39 Å². The zero-order chi connectivity index (χ0) is 14.0. The molecule has 5 heteroatoms. The van der Waals surface area contributed by atoms with Crippen LogP contribution in [-0.2, 0) is 6.54 Å². The van der Waals surface area contributed by atoms with E-state index in [4.69, 9.17) is 16.0 Å². The zero-order valence-electron chi connectivity index (χ0n) is 10.6. The molecule has 0 aliphatic rings. The molecule has 0 aliphatic carbocycles. The highest BCUT2D eigenvalue weighted by Crippen LogP contribution is 2.21. The summed E-state index contributed by atoms with van der Waals surface area (Å²) in [6.07, 6.45) is 0. The van der Waals surface area contributed by atoms with Gasteiger partial charge in [0.2, 0.25) is 0 Å². The largest absolute Gasteiger partial charge is 0.464 e.